The van der Waals surface area contributed by atoms with Gasteiger partial charge in [0.15, 0.2) is 0 Å². The highest BCUT2D eigenvalue weighted by Crippen LogP contribution is 2.58. The molecule has 1 aliphatic rings. The predicted molar refractivity (Wildman–Crippen MR) is 93.5 cm³/mol. The first-order valence-electron chi connectivity index (χ1n) is 7.56. The van der Waals surface area contributed by atoms with Crippen LogP contribution in [0, 0.1) is 5.92 Å². The average molecular weight is 361 g/mol. The Labute approximate surface area is 140 Å². The van der Waals surface area contributed by atoms with Gasteiger partial charge in [-0.25, -0.2) is 0 Å². The van der Waals surface area contributed by atoms with E-state index in [1.165, 1.54) is 6.42 Å². The van der Waals surface area contributed by atoms with E-state index in [1.807, 2.05) is 60.7 Å². The number of hydrogen-bond acceptors (Lipinski definition) is 1. The SMILES string of the molecule is CCCBr.O=C(O)C1CC1(c1ccccc1)c1ccccc1. The number of carbonyl (C=O) groups is 1. The minimum absolute atomic E-state index is 0.303. The number of hydrogen-bond donors (Lipinski definition) is 1. The van der Waals surface area contributed by atoms with E-state index >= 15 is 0 Å². The number of alkyl halides is 1. The summed E-state index contributed by atoms with van der Waals surface area (Å²) in [6.45, 7) is 2.13. The van der Waals surface area contributed by atoms with E-state index in [0.29, 0.717) is 6.42 Å². The van der Waals surface area contributed by atoms with Crippen LogP contribution in [0.25, 0.3) is 0 Å². The van der Waals surface area contributed by atoms with Crippen molar-refractivity contribution in [1.29, 1.82) is 0 Å². The van der Waals surface area contributed by atoms with Gasteiger partial charge in [-0.3, -0.25) is 4.79 Å². The van der Waals surface area contributed by atoms with Crippen molar-refractivity contribution in [2.24, 2.45) is 5.92 Å². The van der Waals surface area contributed by atoms with Gasteiger partial charge < -0.3 is 5.11 Å². The molecule has 0 bridgehead atoms. The lowest BCUT2D eigenvalue weighted by molar-refractivity contribution is -0.138. The van der Waals surface area contributed by atoms with E-state index in [4.69, 9.17) is 0 Å². The summed E-state index contributed by atoms with van der Waals surface area (Å²) in [6, 6.07) is 19.9. The summed E-state index contributed by atoms with van der Waals surface area (Å²) in [7, 11) is 0. The molecule has 22 heavy (non-hydrogen) atoms. The van der Waals surface area contributed by atoms with Gasteiger partial charge in [-0.1, -0.05) is 83.5 Å². The summed E-state index contributed by atoms with van der Waals surface area (Å²) in [5, 5.41) is 10.4. The molecule has 1 unspecified atom stereocenters. The van der Waals surface area contributed by atoms with Gasteiger partial charge in [0.1, 0.15) is 0 Å². The molecule has 2 aromatic carbocycles. The molecule has 1 N–H and O–H groups in total. The molecule has 1 fully saturated rings. The highest BCUT2D eigenvalue weighted by molar-refractivity contribution is 9.09. The number of rotatable bonds is 4. The zero-order valence-electron chi connectivity index (χ0n) is 12.7. The zero-order chi connectivity index (χ0) is 16.0. The van der Waals surface area contributed by atoms with E-state index in [2.05, 4.69) is 22.9 Å². The number of carboxylic acids is 1. The Morgan fingerprint density at radius 3 is 1.77 bits per heavy atom. The molecule has 3 rings (SSSR count). The second-order valence-corrected chi connectivity index (χ2v) is 6.28. The lowest BCUT2D eigenvalue weighted by Gasteiger charge is -2.17. The largest absolute Gasteiger partial charge is 0.481 e. The molecular weight excluding hydrogens is 340 g/mol. The fraction of sp³-hybridized carbons (Fsp3) is 0.316. The molecule has 0 spiro atoms. The molecular formula is C19H21BrO2. The van der Waals surface area contributed by atoms with Gasteiger partial charge in [0, 0.05) is 10.7 Å². The molecule has 0 heterocycles. The maximum absolute atomic E-state index is 11.3. The molecule has 0 radical (unpaired) electrons. The van der Waals surface area contributed by atoms with Gasteiger partial charge in [-0.15, -0.1) is 0 Å². The molecule has 0 amide bonds. The molecule has 3 heteroatoms. The van der Waals surface area contributed by atoms with Crippen LogP contribution in [0.1, 0.15) is 30.9 Å². The first-order chi connectivity index (χ1) is 10.7. The fourth-order valence-corrected chi connectivity index (χ4v) is 2.84. The second-order valence-electron chi connectivity index (χ2n) is 5.49. The molecule has 1 saturated carbocycles. The molecule has 2 aromatic rings. The van der Waals surface area contributed by atoms with Crippen LogP contribution < -0.4 is 0 Å². The lowest BCUT2D eigenvalue weighted by Crippen LogP contribution is -2.16. The van der Waals surface area contributed by atoms with Crippen molar-refractivity contribution in [1.82, 2.24) is 0 Å². The Morgan fingerprint density at radius 1 is 1.09 bits per heavy atom. The van der Waals surface area contributed by atoms with Gasteiger partial charge in [0.05, 0.1) is 5.92 Å². The first-order valence-corrected chi connectivity index (χ1v) is 8.68. The Morgan fingerprint density at radius 2 is 1.50 bits per heavy atom. The van der Waals surface area contributed by atoms with Gasteiger partial charge in [0.2, 0.25) is 0 Å². The maximum atomic E-state index is 11.3. The summed E-state index contributed by atoms with van der Waals surface area (Å²) >= 11 is 3.25. The number of benzene rings is 2. The number of aliphatic carboxylic acids is 1. The Bertz CT molecular complexity index is 554. The van der Waals surface area contributed by atoms with E-state index in [1.54, 1.807) is 0 Å². The Kier molecular flexibility index (Phi) is 5.78. The van der Waals surface area contributed by atoms with E-state index < -0.39 is 5.97 Å². The van der Waals surface area contributed by atoms with Crippen molar-refractivity contribution in [3.63, 3.8) is 0 Å². The van der Waals surface area contributed by atoms with Crippen molar-refractivity contribution in [2.75, 3.05) is 5.33 Å². The molecule has 0 aliphatic heterocycles. The van der Waals surface area contributed by atoms with Crippen LogP contribution in [0.4, 0.5) is 0 Å². The Hall–Kier alpha value is -1.61. The minimum atomic E-state index is -0.706. The Balaban J connectivity index is 0.000000396. The first kappa shape index (κ1) is 16.8. The smallest absolute Gasteiger partial charge is 0.307 e. The third-order valence-corrected chi connectivity index (χ3v) is 4.82. The topological polar surface area (TPSA) is 37.3 Å². The molecule has 1 atom stereocenters. The van der Waals surface area contributed by atoms with Crippen LogP contribution in [0.3, 0.4) is 0 Å². The minimum Gasteiger partial charge on any atom is -0.481 e. The third kappa shape index (κ3) is 3.41. The summed E-state index contributed by atoms with van der Waals surface area (Å²) < 4.78 is 0. The number of carboxylic acid groups (broad SMARTS) is 1. The van der Waals surface area contributed by atoms with Crippen LogP contribution in [-0.2, 0) is 10.2 Å². The van der Waals surface area contributed by atoms with E-state index in [0.717, 1.165) is 16.5 Å². The molecule has 116 valence electrons. The van der Waals surface area contributed by atoms with Crippen LogP contribution in [-0.4, -0.2) is 16.4 Å². The summed E-state index contributed by atoms with van der Waals surface area (Å²) in [5.74, 6) is -1.01. The van der Waals surface area contributed by atoms with E-state index in [9.17, 15) is 9.90 Å². The van der Waals surface area contributed by atoms with Crippen LogP contribution in [0.2, 0.25) is 0 Å². The summed E-state index contributed by atoms with van der Waals surface area (Å²) in [4.78, 5) is 11.3. The van der Waals surface area contributed by atoms with Crippen molar-refractivity contribution >= 4 is 21.9 Å². The molecule has 2 nitrogen and oxygen atoms in total. The van der Waals surface area contributed by atoms with Crippen molar-refractivity contribution in [3.8, 4) is 0 Å². The van der Waals surface area contributed by atoms with E-state index in [-0.39, 0.29) is 11.3 Å². The quantitative estimate of drug-likeness (QED) is 0.789. The molecule has 1 aliphatic carbocycles. The van der Waals surface area contributed by atoms with Crippen LogP contribution >= 0.6 is 15.9 Å². The summed E-state index contributed by atoms with van der Waals surface area (Å²) in [6.07, 6.45) is 1.93. The molecule has 0 aromatic heterocycles. The van der Waals surface area contributed by atoms with Crippen LogP contribution in [0.5, 0.6) is 0 Å². The standard InChI is InChI=1S/C16H14O2.C3H7Br/c17-15(18)14-11-16(14,12-7-3-1-4-8-12)13-9-5-2-6-10-13;1-2-3-4/h1-10,14H,11H2,(H,17,18);2-3H2,1H3. The van der Waals surface area contributed by atoms with Gasteiger partial charge in [-0.2, -0.15) is 0 Å². The second kappa shape index (κ2) is 7.59. The maximum Gasteiger partial charge on any atom is 0.307 e. The van der Waals surface area contributed by atoms with Gasteiger partial charge >= 0.3 is 5.97 Å². The lowest BCUT2D eigenvalue weighted by atomic mass is 9.86. The zero-order valence-corrected chi connectivity index (χ0v) is 14.3. The van der Waals surface area contributed by atoms with Crippen molar-refractivity contribution < 1.29 is 9.90 Å². The predicted octanol–water partition coefficient (Wildman–Crippen LogP) is 4.87. The fourth-order valence-electron chi connectivity index (χ4n) is 2.84. The highest BCUT2D eigenvalue weighted by Gasteiger charge is 2.60. The third-order valence-electron chi connectivity index (χ3n) is 4.03. The van der Waals surface area contributed by atoms with Crippen molar-refractivity contribution in [2.45, 2.75) is 25.2 Å². The van der Waals surface area contributed by atoms with Gasteiger partial charge in [-0.05, 0) is 24.0 Å². The van der Waals surface area contributed by atoms with Gasteiger partial charge in [0.25, 0.3) is 0 Å². The van der Waals surface area contributed by atoms with Crippen molar-refractivity contribution in [3.05, 3.63) is 71.8 Å². The summed E-state index contributed by atoms with van der Waals surface area (Å²) in [5.41, 5.74) is 1.88. The van der Waals surface area contributed by atoms with Crippen LogP contribution in [0.15, 0.2) is 60.7 Å². The average Bonchev–Trinajstić information content (AvgIpc) is 3.34. The number of halogens is 1. The normalized spacial score (nSPS) is 18.0. The monoisotopic (exact) mass is 360 g/mol. The molecule has 0 saturated heterocycles. The highest BCUT2D eigenvalue weighted by atomic mass is 79.9.